The number of nitrogens with two attached hydrogens (primary N) is 2. The molecule has 706 valence electrons. The van der Waals surface area contributed by atoms with E-state index >= 15 is 0 Å². The van der Waals surface area contributed by atoms with Crippen molar-refractivity contribution in [1.82, 2.24) is 10.6 Å². The van der Waals surface area contributed by atoms with Crippen LogP contribution in [0, 0.1) is 0 Å². The van der Waals surface area contributed by atoms with Crippen molar-refractivity contribution in [2.75, 3.05) is 46.2 Å². The summed E-state index contributed by atoms with van der Waals surface area (Å²) in [6.07, 6.45) is -30.9. The largest absolute Gasteiger partial charge is 0.477 e. The molecule has 2 amide bonds. The molecule has 121 heavy (non-hydrogen) atoms. The van der Waals surface area contributed by atoms with E-state index in [9.17, 15) is 126 Å². The molecule has 6 aliphatic heterocycles. The third-order valence-corrected chi connectivity index (χ3v) is 23.4. The summed E-state index contributed by atoms with van der Waals surface area (Å²) in [6.45, 7) is -2.11. The second-order valence-corrected chi connectivity index (χ2v) is 33.0. The van der Waals surface area contributed by atoms with E-state index in [4.69, 9.17) is 68.3 Å². The van der Waals surface area contributed by atoms with E-state index in [0.29, 0.717) is 12.8 Å². The zero-order chi connectivity index (χ0) is 89.3. The molecule has 6 saturated heterocycles. The van der Waals surface area contributed by atoms with Crippen molar-refractivity contribution in [2.24, 2.45) is 11.5 Å². The van der Waals surface area contributed by atoms with E-state index in [1.165, 1.54) is 102 Å². The minimum atomic E-state index is -3.54. The van der Waals surface area contributed by atoms with Gasteiger partial charge in [0.25, 0.3) is 11.6 Å². The van der Waals surface area contributed by atoms with Crippen LogP contribution in [-0.2, 0) is 76.0 Å². The number of aliphatic hydroxyl groups excluding tert-OH is 19. The lowest BCUT2D eigenvalue weighted by Gasteiger charge is -2.52. The van der Waals surface area contributed by atoms with Crippen LogP contribution >= 0.6 is 0 Å². The maximum atomic E-state index is 14.1. The molecule has 27 N–H and O–H groups in total. The van der Waals surface area contributed by atoms with Crippen LogP contribution in [0.3, 0.4) is 0 Å². The number of aliphatic carboxylic acids is 2. The Morgan fingerprint density at radius 3 is 1.40 bits per heavy atom. The van der Waals surface area contributed by atoms with Crippen LogP contribution in [0.5, 0.6) is 0 Å². The van der Waals surface area contributed by atoms with E-state index in [0.717, 1.165) is 71.1 Å². The SMILES string of the molecule is CCCCCCCCCCCCCC=CC(O)C(CNC(=O)CCCCCCCCCCCCCCCCC)O[C@@H]1O[C@H](CO)[C@@H](O[C@H]2O[C@@H](CO)[C@@H](O[C@H]3O[C@@H](CO)[C@@H](O)[C@@H](O[C@H]4O[C@@H](CO)[C@@H](O)[C@@H](O)[C@@H]4O)[C@@H]3NC(C)=O)[C@@H](O[C@@]3(C(=O)O)C[C@H](O)[C@@H](N)[C@H](C(O)C(O)CO[C@]4(C(=O)O)C[C@@H](O)[C@H](N)[C@@H](C(O)C(O)CO)O4)O3)[C@@H]2O)[C@H](O)[C@H]1O. The highest BCUT2D eigenvalue weighted by molar-refractivity contribution is 5.77. The Balaban J connectivity index is 1.28. The monoisotopic (exact) mass is 1750 g/mol. The van der Waals surface area contributed by atoms with Crippen LogP contribution in [0.4, 0.5) is 0 Å². The quantitative estimate of drug-likeness (QED) is 0.0203. The van der Waals surface area contributed by atoms with Crippen molar-refractivity contribution >= 4 is 23.8 Å². The summed E-state index contributed by atoms with van der Waals surface area (Å²) in [5.41, 5.74) is 12.3. The predicted octanol–water partition coefficient (Wildman–Crippen LogP) is -4.22. The van der Waals surface area contributed by atoms with Gasteiger partial charge in [0.1, 0.15) is 146 Å². The van der Waals surface area contributed by atoms with Crippen molar-refractivity contribution in [3.8, 4) is 0 Å². The van der Waals surface area contributed by atoms with Gasteiger partial charge in [-0.05, 0) is 19.3 Å². The van der Waals surface area contributed by atoms with Gasteiger partial charge in [0.15, 0.2) is 25.2 Å². The van der Waals surface area contributed by atoms with Crippen LogP contribution in [0.2, 0.25) is 0 Å². The molecule has 6 heterocycles. The molecule has 0 saturated carbocycles. The van der Waals surface area contributed by atoms with Crippen molar-refractivity contribution < 1.29 is 183 Å². The number of carboxylic acid groups (broad SMARTS) is 2. The minimum absolute atomic E-state index is 0.137. The summed E-state index contributed by atoms with van der Waals surface area (Å²) in [4.78, 5) is 53.7. The summed E-state index contributed by atoms with van der Waals surface area (Å²) in [7, 11) is 0. The number of carbonyl (C=O) groups excluding carboxylic acids is 2. The number of nitrogens with one attached hydrogen (secondary N) is 2. The zero-order valence-corrected chi connectivity index (χ0v) is 69.9. The molecule has 6 aliphatic rings. The highest BCUT2D eigenvalue weighted by atomic mass is 16.8. The number of unbranched alkanes of at least 4 members (excludes halogenated alkanes) is 25. The minimum Gasteiger partial charge on any atom is -0.477 e. The molecule has 0 spiro atoms. The van der Waals surface area contributed by atoms with Crippen molar-refractivity contribution in [3.63, 3.8) is 0 Å². The molecule has 0 aromatic heterocycles. The summed E-state index contributed by atoms with van der Waals surface area (Å²) in [6, 6.07) is -5.59. The van der Waals surface area contributed by atoms with Crippen LogP contribution < -0.4 is 22.1 Å². The molecular formula is C80H144N4O37. The van der Waals surface area contributed by atoms with Gasteiger partial charge in [-0.3, -0.25) is 9.59 Å². The third kappa shape index (κ3) is 30.7. The lowest BCUT2D eigenvalue weighted by atomic mass is 9.88. The molecule has 6 rings (SSSR count). The molecule has 0 aromatic carbocycles. The van der Waals surface area contributed by atoms with Gasteiger partial charge in [-0.15, -0.1) is 0 Å². The van der Waals surface area contributed by atoms with Crippen LogP contribution in [-0.4, -0.2) is 385 Å². The number of amides is 2. The number of hydrogen-bond donors (Lipinski definition) is 25. The maximum Gasteiger partial charge on any atom is 0.364 e. The van der Waals surface area contributed by atoms with Gasteiger partial charge >= 0.3 is 11.9 Å². The van der Waals surface area contributed by atoms with E-state index in [2.05, 4.69) is 24.5 Å². The first-order valence-corrected chi connectivity index (χ1v) is 43.4. The number of ether oxygens (including phenoxy) is 12. The molecule has 41 heteroatoms. The predicted molar refractivity (Wildman–Crippen MR) is 421 cm³/mol. The standard InChI is InChI=1S/C80H144N4O37/c1-4-6-8-10-12-14-16-18-19-21-23-25-27-29-31-33-54(96)83-36-49(44(91)32-30-28-26-24-22-20-17-15-13-11-9-7-5-2)111-74-65(104)63(102)67(52(40-88)114-74)116-76-66(105)72(68(53(41-89)115-76)117-73-57(84-43(3)90)71(61(100)51(39-87)112-73)118-75-64(103)62(101)60(99)50(38-86)113-75)121-80(78(108)109)35-46(93)56(82)70(120-80)59(98)48(95)42-110-79(77(106)107)34-45(92)55(81)69(119-79)58(97)47(94)37-85/h30,32,44-53,55-76,85-89,91-95,97-105H,4-29,31,33-42,81-82H2,1-3H3,(H,83,96)(H,84,90)(H,106,107)(H,108,109)/t44?,45-,46+,47?,48?,49?,50+,51+,52-,53+,55+,56-,57+,58?,59?,60-,61-,62-,63-,64+,65-,66+,67-,68-,69+,70-,71+,72+,73-,74-,75-,76-,79-,80-/m1/s1. The second-order valence-electron chi connectivity index (χ2n) is 33.0. The lowest BCUT2D eigenvalue weighted by Crippen LogP contribution is -2.72. The van der Waals surface area contributed by atoms with Gasteiger partial charge < -0.3 is 186 Å². The Bertz CT molecular complexity index is 2950. The summed E-state index contributed by atoms with van der Waals surface area (Å²) in [5.74, 6) is -12.3. The van der Waals surface area contributed by atoms with Gasteiger partial charge in [0.05, 0.1) is 63.9 Å². The first kappa shape index (κ1) is 106. The molecular weight excluding hydrogens is 1610 g/mol. The molecule has 0 aliphatic carbocycles. The molecule has 34 atom stereocenters. The van der Waals surface area contributed by atoms with Gasteiger partial charge in [-0.25, -0.2) is 9.59 Å². The molecule has 41 nitrogen and oxygen atoms in total. The third-order valence-electron chi connectivity index (χ3n) is 23.4. The Kier molecular flexibility index (Phi) is 47.3. The molecule has 0 aromatic rings. The van der Waals surface area contributed by atoms with Crippen LogP contribution in [0.25, 0.3) is 0 Å². The number of carbonyl (C=O) groups is 4. The number of carboxylic acids is 2. The number of hydrogen-bond acceptors (Lipinski definition) is 37. The summed E-state index contributed by atoms with van der Waals surface area (Å²) in [5, 5.41) is 240. The smallest absolute Gasteiger partial charge is 0.364 e. The van der Waals surface area contributed by atoms with Gasteiger partial charge in [0, 0.05) is 32.7 Å². The molecule has 0 bridgehead atoms. The molecule has 0 radical (unpaired) electrons. The van der Waals surface area contributed by atoms with Gasteiger partial charge in [-0.2, -0.15) is 0 Å². The Morgan fingerprint density at radius 2 is 0.893 bits per heavy atom. The number of allylic oxidation sites excluding steroid dienone is 1. The zero-order valence-electron chi connectivity index (χ0n) is 69.9. The van der Waals surface area contributed by atoms with E-state index in [1.807, 2.05) is 0 Å². The van der Waals surface area contributed by atoms with E-state index in [-0.39, 0.29) is 18.9 Å². The fourth-order valence-electron chi connectivity index (χ4n) is 16.0. The second kappa shape index (κ2) is 53.9. The first-order valence-electron chi connectivity index (χ1n) is 43.4. The van der Waals surface area contributed by atoms with Crippen LogP contribution in [0.1, 0.15) is 213 Å². The van der Waals surface area contributed by atoms with Crippen molar-refractivity contribution in [1.29, 1.82) is 0 Å². The first-order chi connectivity index (χ1) is 57.7. The van der Waals surface area contributed by atoms with E-state index in [1.54, 1.807) is 6.08 Å². The number of aliphatic hydroxyl groups is 19. The highest BCUT2D eigenvalue weighted by Gasteiger charge is 2.63. The fourth-order valence-corrected chi connectivity index (χ4v) is 16.0. The van der Waals surface area contributed by atoms with Crippen molar-refractivity contribution in [2.45, 2.75) is 421 Å². The topological polar surface area (TPSA) is 680 Å². The molecule has 6 unspecified atom stereocenters. The Hall–Kier alpha value is -3.70. The summed E-state index contributed by atoms with van der Waals surface area (Å²) >= 11 is 0. The van der Waals surface area contributed by atoms with Gasteiger partial charge in [0.2, 0.25) is 11.8 Å². The average molecular weight is 1750 g/mol. The van der Waals surface area contributed by atoms with Gasteiger partial charge in [-0.1, -0.05) is 180 Å². The molecule has 6 fully saturated rings. The highest BCUT2D eigenvalue weighted by Crippen LogP contribution is 2.42. The van der Waals surface area contributed by atoms with Crippen molar-refractivity contribution in [3.05, 3.63) is 12.2 Å². The lowest BCUT2D eigenvalue weighted by molar-refractivity contribution is -0.404. The normalized spacial score (nSPS) is 36.4. The summed E-state index contributed by atoms with van der Waals surface area (Å²) < 4.78 is 71.5. The Labute approximate surface area is 705 Å². The van der Waals surface area contributed by atoms with E-state index < -0.39 is 278 Å². The maximum absolute atomic E-state index is 14.1. The number of rotatable bonds is 57. The Morgan fingerprint density at radius 1 is 0.471 bits per heavy atom. The van der Waals surface area contributed by atoms with Crippen LogP contribution in [0.15, 0.2) is 12.2 Å². The average Bonchev–Trinajstić information content (AvgIpc) is 0.751. The fraction of sp³-hybridized carbons (Fsp3) is 0.925.